The van der Waals surface area contributed by atoms with Gasteiger partial charge in [-0.25, -0.2) is 4.98 Å². The summed E-state index contributed by atoms with van der Waals surface area (Å²) in [4.78, 5) is 16.6. The van der Waals surface area contributed by atoms with Crippen molar-refractivity contribution < 1.29 is 4.79 Å². The Morgan fingerprint density at radius 2 is 1.95 bits per heavy atom. The second-order valence-electron chi connectivity index (χ2n) is 5.33. The third kappa shape index (κ3) is 2.52. The van der Waals surface area contributed by atoms with E-state index in [0.717, 1.165) is 22.3 Å². The van der Waals surface area contributed by atoms with Gasteiger partial charge in [0.15, 0.2) is 0 Å². The average molecular weight is 279 g/mol. The Bertz CT molecular complexity index is 833. The Labute approximate surface area is 123 Å². The monoisotopic (exact) mass is 279 g/mol. The third-order valence-electron chi connectivity index (χ3n) is 3.62. The fourth-order valence-corrected chi connectivity index (χ4v) is 2.42. The summed E-state index contributed by atoms with van der Waals surface area (Å²) in [5.74, 6) is -0.106. The van der Waals surface area contributed by atoms with Crippen molar-refractivity contribution >= 4 is 22.6 Å². The number of benzene rings is 2. The largest absolute Gasteiger partial charge is 0.334 e. The summed E-state index contributed by atoms with van der Waals surface area (Å²) in [6, 6.07) is 11.5. The van der Waals surface area contributed by atoms with Crippen LogP contribution in [-0.4, -0.2) is 15.5 Å². The fraction of sp³-hybridized carbons (Fsp3) is 0.176. The number of aromatic nitrogens is 2. The van der Waals surface area contributed by atoms with Crippen molar-refractivity contribution in [1.82, 2.24) is 9.55 Å². The number of anilines is 1. The van der Waals surface area contributed by atoms with Gasteiger partial charge in [0.1, 0.15) is 0 Å². The molecule has 3 aromatic rings. The van der Waals surface area contributed by atoms with Crippen molar-refractivity contribution in [2.45, 2.75) is 13.8 Å². The summed E-state index contributed by atoms with van der Waals surface area (Å²) in [5, 5.41) is 2.96. The summed E-state index contributed by atoms with van der Waals surface area (Å²) in [6.07, 6.45) is 1.75. The van der Waals surface area contributed by atoms with Gasteiger partial charge in [-0.3, -0.25) is 4.79 Å². The van der Waals surface area contributed by atoms with E-state index in [9.17, 15) is 4.79 Å². The standard InChI is InChI=1S/C17H17N3O/c1-11-4-6-14(12(2)8-11)19-17(21)13-5-7-15-16(9-13)20(3)10-18-15/h4-10H,1-3H3,(H,19,21). The molecule has 0 aliphatic heterocycles. The number of carbonyl (C=O) groups is 1. The Hall–Kier alpha value is -2.62. The summed E-state index contributed by atoms with van der Waals surface area (Å²) < 4.78 is 1.91. The highest BCUT2D eigenvalue weighted by Crippen LogP contribution is 2.19. The molecule has 0 atom stereocenters. The number of aryl methyl sites for hydroxylation is 3. The van der Waals surface area contributed by atoms with Crippen molar-refractivity contribution in [1.29, 1.82) is 0 Å². The molecule has 3 rings (SSSR count). The molecule has 0 fully saturated rings. The molecule has 21 heavy (non-hydrogen) atoms. The molecule has 0 bridgehead atoms. The molecule has 2 aromatic carbocycles. The molecular weight excluding hydrogens is 262 g/mol. The Morgan fingerprint density at radius 3 is 2.71 bits per heavy atom. The molecule has 4 nitrogen and oxygen atoms in total. The molecule has 0 unspecified atom stereocenters. The first-order chi connectivity index (χ1) is 10.0. The molecule has 0 spiro atoms. The maximum Gasteiger partial charge on any atom is 0.255 e. The van der Waals surface area contributed by atoms with Gasteiger partial charge in [0.2, 0.25) is 0 Å². The van der Waals surface area contributed by atoms with Gasteiger partial charge in [-0.1, -0.05) is 17.7 Å². The van der Waals surface area contributed by atoms with Crippen LogP contribution in [0.2, 0.25) is 0 Å². The Kier molecular flexibility index (Phi) is 3.22. The number of hydrogen-bond donors (Lipinski definition) is 1. The number of nitrogens with one attached hydrogen (secondary N) is 1. The first-order valence-electron chi connectivity index (χ1n) is 6.84. The highest BCUT2D eigenvalue weighted by Gasteiger charge is 2.10. The molecule has 1 amide bonds. The number of hydrogen-bond acceptors (Lipinski definition) is 2. The first kappa shape index (κ1) is 13.4. The van der Waals surface area contributed by atoms with Crippen LogP contribution in [0.1, 0.15) is 21.5 Å². The highest BCUT2D eigenvalue weighted by molar-refractivity contribution is 6.06. The topological polar surface area (TPSA) is 46.9 Å². The highest BCUT2D eigenvalue weighted by atomic mass is 16.1. The molecule has 0 aliphatic rings. The van der Waals surface area contributed by atoms with Crippen molar-refractivity contribution in [3.63, 3.8) is 0 Å². The molecule has 0 saturated carbocycles. The van der Waals surface area contributed by atoms with Crippen molar-refractivity contribution in [3.05, 3.63) is 59.4 Å². The maximum atomic E-state index is 12.4. The van der Waals surface area contributed by atoms with E-state index >= 15 is 0 Å². The molecule has 0 radical (unpaired) electrons. The smallest absolute Gasteiger partial charge is 0.255 e. The molecule has 106 valence electrons. The molecule has 0 aliphatic carbocycles. The van der Waals surface area contributed by atoms with Crippen LogP contribution in [0.25, 0.3) is 11.0 Å². The quantitative estimate of drug-likeness (QED) is 0.781. The van der Waals surface area contributed by atoms with E-state index in [2.05, 4.69) is 16.4 Å². The lowest BCUT2D eigenvalue weighted by Crippen LogP contribution is -2.12. The van der Waals surface area contributed by atoms with Crippen LogP contribution in [0.5, 0.6) is 0 Å². The number of imidazole rings is 1. The van der Waals surface area contributed by atoms with Crippen LogP contribution in [0.15, 0.2) is 42.7 Å². The van der Waals surface area contributed by atoms with Gasteiger partial charge < -0.3 is 9.88 Å². The summed E-state index contributed by atoms with van der Waals surface area (Å²) in [5.41, 5.74) is 5.55. The number of fused-ring (bicyclic) bond motifs is 1. The van der Waals surface area contributed by atoms with Gasteiger partial charge >= 0.3 is 0 Å². The second-order valence-corrected chi connectivity index (χ2v) is 5.33. The number of nitrogens with zero attached hydrogens (tertiary/aromatic N) is 2. The number of rotatable bonds is 2. The van der Waals surface area contributed by atoms with Gasteiger partial charge in [-0.15, -0.1) is 0 Å². The number of amides is 1. The average Bonchev–Trinajstić information content (AvgIpc) is 2.83. The van der Waals surface area contributed by atoms with Crippen LogP contribution in [0.4, 0.5) is 5.69 Å². The fourth-order valence-electron chi connectivity index (χ4n) is 2.42. The van der Waals surface area contributed by atoms with E-state index in [-0.39, 0.29) is 5.91 Å². The second kappa shape index (κ2) is 5.05. The van der Waals surface area contributed by atoms with E-state index in [1.165, 1.54) is 5.56 Å². The van der Waals surface area contributed by atoms with Crippen LogP contribution < -0.4 is 5.32 Å². The van der Waals surface area contributed by atoms with E-state index in [4.69, 9.17) is 0 Å². The van der Waals surface area contributed by atoms with E-state index < -0.39 is 0 Å². The molecule has 1 N–H and O–H groups in total. The van der Waals surface area contributed by atoms with E-state index in [1.807, 2.05) is 49.7 Å². The van der Waals surface area contributed by atoms with Crippen molar-refractivity contribution in [2.24, 2.45) is 7.05 Å². The normalized spacial score (nSPS) is 10.8. The summed E-state index contributed by atoms with van der Waals surface area (Å²) >= 11 is 0. The molecular formula is C17H17N3O. The van der Waals surface area contributed by atoms with Crippen LogP contribution in [0, 0.1) is 13.8 Å². The molecule has 1 aromatic heterocycles. The minimum atomic E-state index is -0.106. The number of carbonyl (C=O) groups excluding carboxylic acids is 1. The minimum absolute atomic E-state index is 0.106. The molecule has 0 saturated heterocycles. The van der Waals surface area contributed by atoms with Crippen molar-refractivity contribution in [3.8, 4) is 0 Å². The zero-order valence-corrected chi connectivity index (χ0v) is 12.3. The maximum absolute atomic E-state index is 12.4. The Balaban J connectivity index is 1.91. The summed E-state index contributed by atoms with van der Waals surface area (Å²) in [6.45, 7) is 4.03. The summed E-state index contributed by atoms with van der Waals surface area (Å²) in [7, 11) is 1.92. The Morgan fingerprint density at radius 1 is 1.14 bits per heavy atom. The lowest BCUT2D eigenvalue weighted by Gasteiger charge is -2.09. The third-order valence-corrected chi connectivity index (χ3v) is 3.62. The van der Waals surface area contributed by atoms with E-state index in [0.29, 0.717) is 5.56 Å². The minimum Gasteiger partial charge on any atom is -0.334 e. The van der Waals surface area contributed by atoms with Gasteiger partial charge in [-0.2, -0.15) is 0 Å². The zero-order valence-electron chi connectivity index (χ0n) is 12.3. The zero-order chi connectivity index (χ0) is 15.0. The van der Waals surface area contributed by atoms with Gasteiger partial charge in [0.25, 0.3) is 5.91 Å². The van der Waals surface area contributed by atoms with Crippen LogP contribution in [-0.2, 0) is 7.05 Å². The van der Waals surface area contributed by atoms with Crippen LogP contribution in [0.3, 0.4) is 0 Å². The van der Waals surface area contributed by atoms with Crippen LogP contribution >= 0.6 is 0 Å². The van der Waals surface area contributed by atoms with Gasteiger partial charge in [-0.05, 0) is 43.7 Å². The van der Waals surface area contributed by atoms with Crippen molar-refractivity contribution in [2.75, 3.05) is 5.32 Å². The molecule has 4 heteroatoms. The lowest BCUT2D eigenvalue weighted by atomic mass is 10.1. The van der Waals surface area contributed by atoms with E-state index in [1.54, 1.807) is 12.4 Å². The van der Waals surface area contributed by atoms with Gasteiger partial charge in [0, 0.05) is 18.3 Å². The first-order valence-corrected chi connectivity index (χ1v) is 6.84. The lowest BCUT2D eigenvalue weighted by molar-refractivity contribution is 0.102. The predicted molar refractivity (Wildman–Crippen MR) is 84.6 cm³/mol. The van der Waals surface area contributed by atoms with Gasteiger partial charge in [0.05, 0.1) is 17.4 Å². The SMILES string of the molecule is Cc1ccc(NC(=O)c2ccc3ncn(C)c3c2)c(C)c1. The predicted octanol–water partition coefficient (Wildman–Crippen LogP) is 3.44. The molecule has 1 heterocycles.